The van der Waals surface area contributed by atoms with Gasteiger partial charge in [-0.05, 0) is 25.2 Å². The van der Waals surface area contributed by atoms with Gasteiger partial charge in [-0.15, -0.1) is 0 Å². The van der Waals surface area contributed by atoms with Gasteiger partial charge in [0.15, 0.2) is 0 Å². The molecule has 2 unspecified atom stereocenters. The Labute approximate surface area is 96.4 Å². The molecular weight excluding hydrogens is 206 g/mol. The Morgan fingerprint density at radius 1 is 1.38 bits per heavy atom. The number of aliphatic carboxylic acids is 1. The van der Waals surface area contributed by atoms with E-state index in [2.05, 4.69) is 5.32 Å². The third-order valence-electron chi connectivity index (χ3n) is 3.30. The third-order valence-corrected chi connectivity index (χ3v) is 3.30. The predicted octanol–water partition coefficient (Wildman–Crippen LogP) is 1.79. The molecule has 16 heavy (non-hydrogen) atoms. The Morgan fingerprint density at radius 3 is 2.75 bits per heavy atom. The van der Waals surface area contributed by atoms with Crippen LogP contribution in [0.4, 0.5) is 0 Å². The molecule has 4 heteroatoms. The summed E-state index contributed by atoms with van der Waals surface area (Å²) in [6.07, 6.45) is 5.11. The van der Waals surface area contributed by atoms with Gasteiger partial charge in [0.2, 0.25) is 5.91 Å². The van der Waals surface area contributed by atoms with Crippen molar-refractivity contribution in [2.24, 2.45) is 11.8 Å². The first-order valence-electron chi connectivity index (χ1n) is 6.14. The Bertz CT molecular complexity index is 253. The van der Waals surface area contributed by atoms with Crippen LogP contribution in [0.1, 0.15) is 45.4 Å². The van der Waals surface area contributed by atoms with Crippen LogP contribution in [0.25, 0.3) is 0 Å². The van der Waals surface area contributed by atoms with Crippen molar-refractivity contribution in [3.05, 3.63) is 0 Å². The zero-order chi connectivity index (χ0) is 12.0. The number of hydrogen-bond donors (Lipinski definition) is 2. The van der Waals surface area contributed by atoms with Gasteiger partial charge < -0.3 is 10.4 Å². The normalized spacial score (nSPS) is 24.3. The standard InChI is InChI=1S/C12H21NO3/c1-2-3-7-11(14)13-8-9-5-4-6-10(9)12(15)16/h9-10H,2-8H2,1H3,(H,13,14)(H,15,16). The molecule has 0 bridgehead atoms. The van der Waals surface area contributed by atoms with Crippen molar-refractivity contribution in [2.75, 3.05) is 6.54 Å². The van der Waals surface area contributed by atoms with Crippen LogP contribution in [-0.2, 0) is 9.59 Å². The summed E-state index contributed by atoms with van der Waals surface area (Å²) in [5.41, 5.74) is 0. The average molecular weight is 227 g/mol. The molecule has 1 rings (SSSR count). The lowest BCUT2D eigenvalue weighted by Gasteiger charge is -2.16. The summed E-state index contributed by atoms with van der Waals surface area (Å²) < 4.78 is 0. The number of carbonyl (C=O) groups is 2. The van der Waals surface area contributed by atoms with Crippen molar-refractivity contribution >= 4 is 11.9 Å². The van der Waals surface area contributed by atoms with E-state index in [1.165, 1.54) is 0 Å². The molecule has 2 N–H and O–H groups in total. The molecule has 1 fully saturated rings. The summed E-state index contributed by atoms with van der Waals surface area (Å²) in [5.74, 6) is -0.794. The lowest BCUT2D eigenvalue weighted by molar-refractivity contribution is -0.143. The van der Waals surface area contributed by atoms with Crippen molar-refractivity contribution in [1.29, 1.82) is 0 Å². The second-order valence-corrected chi connectivity index (χ2v) is 4.54. The first kappa shape index (κ1) is 13.0. The highest BCUT2D eigenvalue weighted by Crippen LogP contribution is 2.31. The molecule has 0 radical (unpaired) electrons. The van der Waals surface area contributed by atoms with Crippen LogP contribution in [-0.4, -0.2) is 23.5 Å². The molecule has 1 amide bonds. The van der Waals surface area contributed by atoms with Crippen LogP contribution in [0.2, 0.25) is 0 Å². The van der Waals surface area contributed by atoms with E-state index >= 15 is 0 Å². The van der Waals surface area contributed by atoms with Crippen LogP contribution in [0.5, 0.6) is 0 Å². The van der Waals surface area contributed by atoms with E-state index in [9.17, 15) is 9.59 Å². The fourth-order valence-electron chi connectivity index (χ4n) is 2.28. The molecule has 92 valence electrons. The monoisotopic (exact) mass is 227 g/mol. The molecule has 0 aromatic heterocycles. The van der Waals surface area contributed by atoms with E-state index in [4.69, 9.17) is 5.11 Å². The minimum atomic E-state index is -0.717. The molecule has 0 heterocycles. The fourth-order valence-corrected chi connectivity index (χ4v) is 2.28. The van der Waals surface area contributed by atoms with Crippen molar-refractivity contribution in [1.82, 2.24) is 5.32 Å². The molecule has 1 aliphatic carbocycles. The number of carboxylic acid groups (broad SMARTS) is 1. The molecule has 0 saturated heterocycles. The van der Waals surface area contributed by atoms with E-state index < -0.39 is 5.97 Å². The van der Waals surface area contributed by atoms with E-state index in [1.54, 1.807) is 0 Å². The minimum Gasteiger partial charge on any atom is -0.481 e. The van der Waals surface area contributed by atoms with Gasteiger partial charge in [-0.25, -0.2) is 0 Å². The maximum Gasteiger partial charge on any atom is 0.306 e. The molecule has 0 aromatic carbocycles. The zero-order valence-corrected chi connectivity index (χ0v) is 9.87. The van der Waals surface area contributed by atoms with Gasteiger partial charge in [0.1, 0.15) is 0 Å². The highest BCUT2D eigenvalue weighted by atomic mass is 16.4. The summed E-state index contributed by atoms with van der Waals surface area (Å²) in [7, 11) is 0. The van der Waals surface area contributed by atoms with Crippen LogP contribution >= 0.6 is 0 Å². The number of amides is 1. The van der Waals surface area contributed by atoms with E-state index in [-0.39, 0.29) is 17.7 Å². The maximum atomic E-state index is 11.4. The molecule has 1 saturated carbocycles. The van der Waals surface area contributed by atoms with Crippen LogP contribution < -0.4 is 5.32 Å². The van der Waals surface area contributed by atoms with Gasteiger partial charge in [0.05, 0.1) is 5.92 Å². The summed E-state index contributed by atoms with van der Waals surface area (Å²) in [5, 5.41) is 11.8. The second kappa shape index (κ2) is 6.51. The van der Waals surface area contributed by atoms with Crippen LogP contribution in [0.15, 0.2) is 0 Å². The first-order chi connectivity index (χ1) is 7.65. The van der Waals surface area contributed by atoms with Gasteiger partial charge in [-0.1, -0.05) is 19.8 Å². The van der Waals surface area contributed by atoms with Gasteiger partial charge in [-0.3, -0.25) is 9.59 Å². The van der Waals surface area contributed by atoms with E-state index in [0.29, 0.717) is 13.0 Å². The predicted molar refractivity (Wildman–Crippen MR) is 61.0 cm³/mol. The molecule has 0 aromatic rings. The van der Waals surface area contributed by atoms with Crippen molar-refractivity contribution in [2.45, 2.75) is 45.4 Å². The fraction of sp³-hybridized carbons (Fsp3) is 0.833. The summed E-state index contributed by atoms with van der Waals surface area (Å²) >= 11 is 0. The molecular formula is C12H21NO3. The Kier molecular flexibility index (Phi) is 5.29. The number of unbranched alkanes of at least 4 members (excludes halogenated alkanes) is 1. The largest absolute Gasteiger partial charge is 0.481 e. The second-order valence-electron chi connectivity index (χ2n) is 4.54. The number of carboxylic acids is 1. The van der Waals surface area contributed by atoms with Gasteiger partial charge in [0, 0.05) is 13.0 Å². The number of rotatable bonds is 6. The van der Waals surface area contributed by atoms with Crippen molar-refractivity contribution in [3.63, 3.8) is 0 Å². The van der Waals surface area contributed by atoms with Crippen LogP contribution in [0.3, 0.4) is 0 Å². The lowest BCUT2D eigenvalue weighted by Crippen LogP contribution is -2.32. The highest BCUT2D eigenvalue weighted by Gasteiger charge is 2.32. The van der Waals surface area contributed by atoms with Gasteiger partial charge in [0.25, 0.3) is 0 Å². The average Bonchev–Trinajstić information content (AvgIpc) is 2.71. The SMILES string of the molecule is CCCCC(=O)NCC1CCCC1C(=O)O. The molecule has 4 nitrogen and oxygen atoms in total. The molecule has 1 aliphatic rings. The quantitative estimate of drug-likeness (QED) is 0.727. The van der Waals surface area contributed by atoms with Gasteiger partial charge in [-0.2, -0.15) is 0 Å². The molecule has 2 atom stereocenters. The third kappa shape index (κ3) is 3.83. The number of carbonyl (C=O) groups excluding carboxylic acids is 1. The minimum absolute atomic E-state index is 0.0536. The summed E-state index contributed by atoms with van der Waals surface area (Å²) in [6.45, 7) is 2.57. The Balaban J connectivity index is 2.26. The Hall–Kier alpha value is -1.06. The van der Waals surface area contributed by atoms with Crippen molar-refractivity contribution < 1.29 is 14.7 Å². The summed E-state index contributed by atoms with van der Waals surface area (Å²) in [6, 6.07) is 0. The number of nitrogens with one attached hydrogen (secondary N) is 1. The maximum absolute atomic E-state index is 11.4. The topological polar surface area (TPSA) is 66.4 Å². The molecule has 0 aliphatic heterocycles. The highest BCUT2D eigenvalue weighted by molar-refractivity contribution is 5.76. The van der Waals surface area contributed by atoms with E-state index in [1.807, 2.05) is 6.92 Å². The van der Waals surface area contributed by atoms with Crippen LogP contribution in [0, 0.1) is 11.8 Å². The van der Waals surface area contributed by atoms with Crippen molar-refractivity contribution in [3.8, 4) is 0 Å². The molecule has 0 spiro atoms. The zero-order valence-electron chi connectivity index (χ0n) is 9.87. The smallest absolute Gasteiger partial charge is 0.306 e. The lowest BCUT2D eigenvalue weighted by atomic mass is 9.96. The Morgan fingerprint density at radius 2 is 2.12 bits per heavy atom. The van der Waals surface area contributed by atoms with E-state index in [0.717, 1.165) is 32.1 Å². The first-order valence-corrected chi connectivity index (χ1v) is 6.14. The summed E-state index contributed by atoms with van der Waals surface area (Å²) in [4.78, 5) is 22.3. The number of hydrogen-bond acceptors (Lipinski definition) is 2. The van der Waals surface area contributed by atoms with Gasteiger partial charge >= 0.3 is 5.97 Å².